The van der Waals surface area contributed by atoms with Crippen LogP contribution in [0, 0.1) is 12.7 Å². The molecule has 0 saturated carbocycles. The van der Waals surface area contributed by atoms with E-state index in [0.29, 0.717) is 0 Å². The summed E-state index contributed by atoms with van der Waals surface area (Å²) in [6, 6.07) is 4.96. The van der Waals surface area contributed by atoms with Crippen molar-refractivity contribution in [3.8, 4) is 0 Å². The van der Waals surface area contributed by atoms with E-state index in [1.165, 1.54) is 29.5 Å². The van der Waals surface area contributed by atoms with Gasteiger partial charge in [-0.15, -0.1) is 11.3 Å². The number of halogens is 1. The summed E-state index contributed by atoms with van der Waals surface area (Å²) in [5.74, 6) is -0.188. The van der Waals surface area contributed by atoms with Crippen LogP contribution in [-0.2, 0) is 12.8 Å². The second kappa shape index (κ2) is 5.62. The first-order chi connectivity index (χ1) is 9.69. The van der Waals surface area contributed by atoms with E-state index in [-0.39, 0.29) is 11.9 Å². The molecule has 20 heavy (non-hydrogen) atoms. The van der Waals surface area contributed by atoms with E-state index in [2.05, 4.69) is 5.32 Å². The molecule has 2 aromatic rings. The standard InChI is InChI=1S/C16H19FN2S/c1-10-7-8-11(17)9-12(10)15(18-2)16-19-13-5-3-4-6-14(13)20-16/h7-9,15,18H,3-6H2,1-2H3. The molecule has 0 spiro atoms. The zero-order valence-electron chi connectivity index (χ0n) is 11.9. The van der Waals surface area contributed by atoms with Crippen LogP contribution >= 0.6 is 11.3 Å². The van der Waals surface area contributed by atoms with Gasteiger partial charge in [-0.05, 0) is 62.9 Å². The van der Waals surface area contributed by atoms with Crippen LogP contribution in [0.15, 0.2) is 18.2 Å². The molecule has 1 heterocycles. The highest BCUT2D eigenvalue weighted by Gasteiger charge is 2.22. The van der Waals surface area contributed by atoms with Crippen LogP contribution in [0.25, 0.3) is 0 Å². The third-order valence-corrected chi connectivity index (χ3v) is 5.17. The first kappa shape index (κ1) is 13.7. The number of rotatable bonds is 3. The van der Waals surface area contributed by atoms with E-state index in [1.807, 2.05) is 20.0 Å². The highest BCUT2D eigenvalue weighted by atomic mass is 32.1. The van der Waals surface area contributed by atoms with Gasteiger partial charge in [-0.2, -0.15) is 0 Å². The largest absolute Gasteiger partial charge is 0.307 e. The first-order valence-corrected chi connectivity index (χ1v) is 7.92. The Bertz CT molecular complexity index is 597. The average Bonchev–Trinajstić information content (AvgIpc) is 2.87. The first-order valence-electron chi connectivity index (χ1n) is 7.11. The van der Waals surface area contributed by atoms with Crippen LogP contribution in [0.1, 0.15) is 45.6 Å². The number of thiazole rings is 1. The molecular formula is C16H19FN2S. The van der Waals surface area contributed by atoms with Crippen molar-refractivity contribution in [3.05, 3.63) is 50.7 Å². The average molecular weight is 290 g/mol. The van der Waals surface area contributed by atoms with Crippen LogP contribution in [0.4, 0.5) is 4.39 Å². The Morgan fingerprint density at radius 1 is 1.30 bits per heavy atom. The fourth-order valence-corrected chi connectivity index (χ4v) is 4.11. The number of fused-ring (bicyclic) bond motifs is 1. The molecule has 1 aliphatic carbocycles. The van der Waals surface area contributed by atoms with Crippen LogP contribution in [0.2, 0.25) is 0 Å². The van der Waals surface area contributed by atoms with Gasteiger partial charge in [0.1, 0.15) is 10.8 Å². The Hall–Kier alpha value is -1.26. The molecule has 0 aliphatic heterocycles. The molecule has 106 valence electrons. The highest BCUT2D eigenvalue weighted by molar-refractivity contribution is 7.11. The lowest BCUT2D eigenvalue weighted by Crippen LogP contribution is -2.18. The van der Waals surface area contributed by atoms with Crippen LogP contribution in [0.5, 0.6) is 0 Å². The van der Waals surface area contributed by atoms with Gasteiger partial charge in [-0.25, -0.2) is 9.37 Å². The maximum absolute atomic E-state index is 13.5. The lowest BCUT2D eigenvalue weighted by atomic mass is 10.0. The molecule has 1 aromatic carbocycles. The van der Waals surface area contributed by atoms with E-state index >= 15 is 0 Å². The van der Waals surface area contributed by atoms with Crippen molar-refractivity contribution in [2.75, 3.05) is 7.05 Å². The van der Waals surface area contributed by atoms with Gasteiger partial charge in [0.25, 0.3) is 0 Å². The lowest BCUT2D eigenvalue weighted by Gasteiger charge is -2.16. The van der Waals surface area contributed by atoms with Gasteiger partial charge in [0.2, 0.25) is 0 Å². The lowest BCUT2D eigenvalue weighted by molar-refractivity contribution is 0.613. The summed E-state index contributed by atoms with van der Waals surface area (Å²) in [5, 5.41) is 4.36. The molecule has 1 atom stereocenters. The van der Waals surface area contributed by atoms with Crippen LogP contribution in [-0.4, -0.2) is 12.0 Å². The maximum atomic E-state index is 13.5. The van der Waals surface area contributed by atoms with Gasteiger partial charge in [-0.1, -0.05) is 6.07 Å². The Labute approximate surface area is 123 Å². The number of nitrogens with one attached hydrogen (secondary N) is 1. The predicted molar refractivity (Wildman–Crippen MR) is 80.8 cm³/mol. The zero-order valence-corrected chi connectivity index (χ0v) is 12.7. The monoisotopic (exact) mass is 290 g/mol. The molecule has 1 N–H and O–H groups in total. The predicted octanol–water partition coefficient (Wildman–Crippen LogP) is 3.78. The van der Waals surface area contributed by atoms with Crippen molar-refractivity contribution in [2.45, 2.75) is 38.6 Å². The quantitative estimate of drug-likeness (QED) is 0.930. The SMILES string of the molecule is CNC(c1nc2c(s1)CCCC2)c1cc(F)ccc1C. The number of aromatic nitrogens is 1. The fourth-order valence-electron chi connectivity index (χ4n) is 2.83. The summed E-state index contributed by atoms with van der Waals surface area (Å²) >= 11 is 1.78. The van der Waals surface area contributed by atoms with E-state index in [0.717, 1.165) is 29.0 Å². The van der Waals surface area contributed by atoms with Crippen LogP contribution < -0.4 is 5.32 Å². The van der Waals surface area contributed by atoms with E-state index in [9.17, 15) is 4.39 Å². The van der Waals surface area contributed by atoms with Crippen molar-refractivity contribution >= 4 is 11.3 Å². The summed E-state index contributed by atoms with van der Waals surface area (Å²) in [7, 11) is 1.91. The third kappa shape index (κ3) is 2.50. The molecule has 0 radical (unpaired) electrons. The Balaban J connectivity index is 2.01. The Morgan fingerprint density at radius 2 is 2.10 bits per heavy atom. The minimum atomic E-state index is -0.188. The van der Waals surface area contributed by atoms with Gasteiger partial charge in [0.15, 0.2) is 0 Å². The minimum absolute atomic E-state index is 0.0127. The molecule has 0 fully saturated rings. The summed E-state index contributed by atoms with van der Waals surface area (Å²) in [6.07, 6.45) is 4.73. The summed E-state index contributed by atoms with van der Waals surface area (Å²) in [4.78, 5) is 6.22. The van der Waals surface area contributed by atoms with Gasteiger partial charge < -0.3 is 5.32 Å². The number of aryl methyl sites for hydroxylation is 3. The molecule has 0 bridgehead atoms. The van der Waals surface area contributed by atoms with Gasteiger partial charge in [-0.3, -0.25) is 0 Å². The van der Waals surface area contributed by atoms with Crippen molar-refractivity contribution in [1.82, 2.24) is 10.3 Å². The van der Waals surface area contributed by atoms with E-state index < -0.39 is 0 Å². The van der Waals surface area contributed by atoms with Crippen molar-refractivity contribution in [3.63, 3.8) is 0 Å². The molecule has 0 saturated heterocycles. The number of benzene rings is 1. The summed E-state index contributed by atoms with van der Waals surface area (Å²) < 4.78 is 13.5. The molecule has 0 amide bonds. The molecule has 1 aromatic heterocycles. The van der Waals surface area contributed by atoms with Crippen molar-refractivity contribution in [2.24, 2.45) is 0 Å². The number of hydrogen-bond acceptors (Lipinski definition) is 3. The molecule has 1 unspecified atom stereocenters. The minimum Gasteiger partial charge on any atom is -0.307 e. The fraction of sp³-hybridized carbons (Fsp3) is 0.438. The molecule has 2 nitrogen and oxygen atoms in total. The van der Waals surface area contributed by atoms with Gasteiger partial charge >= 0.3 is 0 Å². The summed E-state index contributed by atoms with van der Waals surface area (Å²) in [6.45, 7) is 2.02. The topological polar surface area (TPSA) is 24.9 Å². The molecular weight excluding hydrogens is 271 g/mol. The highest BCUT2D eigenvalue weighted by Crippen LogP contribution is 2.33. The van der Waals surface area contributed by atoms with Crippen molar-refractivity contribution < 1.29 is 4.39 Å². The molecule has 4 heteroatoms. The Morgan fingerprint density at radius 3 is 2.85 bits per heavy atom. The number of nitrogens with zero attached hydrogens (tertiary/aromatic N) is 1. The maximum Gasteiger partial charge on any atom is 0.123 e. The van der Waals surface area contributed by atoms with E-state index in [1.54, 1.807) is 17.4 Å². The van der Waals surface area contributed by atoms with Crippen molar-refractivity contribution in [1.29, 1.82) is 0 Å². The number of hydrogen-bond donors (Lipinski definition) is 1. The zero-order chi connectivity index (χ0) is 14.1. The second-order valence-corrected chi connectivity index (χ2v) is 6.47. The van der Waals surface area contributed by atoms with E-state index in [4.69, 9.17) is 4.98 Å². The smallest absolute Gasteiger partial charge is 0.123 e. The molecule has 1 aliphatic rings. The van der Waals surface area contributed by atoms with Gasteiger partial charge in [0, 0.05) is 4.88 Å². The summed E-state index contributed by atoms with van der Waals surface area (Å²) in [5.41, 5.74) is 3.34. The Kier molecular flexibility index (Phi) is 3.85. The van der Waals surface area contributed by atoms with Crippen LogP contribution in [0.3, 0.4) is 0 Å². The normalized spacial score (nSPS) is 15.9. The third-order valence-electron chi connectivity index (χ3n) is 3.95. The molecule has 3 rings (SSSR count). The van der Waals surface area contributed by atoms with Gasteiger partial charge in [0.05, 0.1) is 11.7 Å². The second-order valence-electron chi connectivity index (χ2n) is 5.35.